The van der Waals surface area contributed by atoms with Gasteiger partial charge < -0.3 is 9.73 Å². The van der Waals surface area contributed by atoms with Crippen LogP contribution in [0.4, 0.5) is 0 Å². The van der Waals surface area contributed by atoms with E-state index in [-0.39, 0.29) is 5.91 Å². The molecule has 1 amide bonds. The summed E-state index contributed by atoms with van der Waals surface area (Å²) in [6, 6.07) is 5.31. The van der Waals surface area contributed by atoms with Crippen LogP contribution in [-0.2, 0) is 6.54 Å². The van der Waals surface area contributed by atoms with E-state index in [9.17, 15) is 4.79 Å². The Balaban J connectivity index is 2.01. The lowest BCUT2D eigenvalue weighted by Crippen LogP contribution is -2.23. The molecule has 0 atom stereocenters. The van der Waals surface area contributed by atoms with Crippen LogP contribution in [0.15, 0.2) is 41.3 Å². The summed E-state index contributed by atoms with van der Waals surface area (Å²) in [7, 11) is 0. The summed E-state index contributed by atoms with van der Waals surface area (Å²) in [5, 5.41) is 2.78. The maximum atomic E-state index is 11.8. The van der Waals surface area contributed by atoms with Gasteiger partial charge in [0.1, 0.15) is 5.76 Å². The van der Waals surface area contributed by atoms with Crippen LogP contribution in [0.3, 0.4) is 0 Å². The van der Waals surface area contributed by atoms with Crippen molar-refractivity contribution in [3.63, 3.8) is 0 Å². The number of carbonyl (C=O) groups excluding carboxylic acids is 1. The largest absolute Gasteiger partial charge is 0.467 e. The van der Waals surface area contributed by atoms with Crippen molar-refractivity contribution in [3.05, 3.63) is 53.7 Å². The zero-order valence-corrected chi connectivity index (χ0v) is 8.93. The standard InChI is InChI=1S/C12H12N2O2/c1-9-7-13-5-4-11(9)12(15)14-8-10-3-2-6-16-10/h2-7H,8H2,1H3,(H,14,15). The molecule has 0 aliphatic rings. The number of aromatic nitrogens is 1. The smallest absolute Gasteiger partial charge is 0.252 e. The number of aryl methyl sites for hydroxylation is 1. The number of nitrogens with one attached hydrogen (secondary N) is 1. The predicted octanol–water partition coefficient (Wildman–Crippen LogP) is 1.91. The first kappa shape index (κ1) is 10.4. The van der Waals surface area contributed by atoms with Gasteiger partial charge in [-0.05, 0) is 30.7 Å². The molecular formula is C12H12N2O2. The van der Waals surface area contributed by atoms with Crippen LogP contribution >= 0.6 is 0 Å². The molecule has 4 heteroatoms. The van der Waals surface area contributed by atoms with E-state index in [1.165, 1.54) is 0 Å². The summed E-state index contributed by atoms with van der Waals surface area (Å²) in [4.78, 5) is 15.7. The number of carbonyl (C=O) groups is 1. The van der Waals surface area contributed by atoms with E-state index in [1.807, 2.05) is 13.0 Å². The molecular weight excluding hydrogens is 204 g/mol. The van der Waals surface area contributed by atoms with E-state index < -0.39 is 0 Å². The van der Waals surface area contributed by atoms with Crippen LogP contribution in [0.2, 0.25) is 0 Å². The van der Waals surface area contributed by atoms with Crippen molar-refractivity contribution in [3.8, 4) is 0 Å². The summed E-state index contributed by atoms with van der Waals surface area (Å²) >= 11 is 0. The van der Waals surface area contributed by atoms with Crippen molar-refractivity contribution in [2.45, 2.75) is 13.5 Å². The topological polar surface area (TPSA) is 55.1 Å². The van der Waals surface area contributed by atoms with E-state index in [1.54, 1.807) is 30.8 Å². The highest BCUT2D eigenvalue weighted by Crippen LogP contribution is 2.05. The van der Waals surface area contributed by atoms with Gasteiger partial charge in [-0.25, -0.2) is 0 Å². The number of rotatable bonds is 3. The van der Waals surface area contributed by atoms with Crippen molar-refractivity contribution in [2.75, 3.05) is 0 Å². The number of amides is 1. The molecule has 0 unspecified atom stereocenters. The highest BCUT2D eigenvalue weighted by atomic mass is 16.3. The lowest BCUT2D eigenvalue weighted by Gasteiger charge is -2.05. The molecule has 0 fully saturated rings. The van der Waals surface area contributed by atoms with Crippen molar-refractivity contribution >= 4 is 5.91 Å². The Bertz CT molecular complexity index is 478. The third kappa shape index (κ3) is 2.28. The zero-order chi connectivity index (χ0) is 11.4. The van der Waals surface area contributed by atoms with Crippen LogP contribution in [0.25, 0.3) is 0 Å². The molecule has 2 heterocycles. The van der Waals surface area contributed by atoms with Crippen molar-refractivity contribution < 1.29 is 9.21 Å². The Morgan fingerprint density at radius 2 is 2.38 bits per heavy atom. The third-order valence-electron chi connectivity index (χ3n) is 2.27. The van der Waals surface area contributed by atoms with Gasteiger partial charge >= 0.3 is 0 Å². The predicted molar refractivity (Wildman–Crippen MR) is 58.9 cm³/mol. The Morgan fingerprint density at radius 1 is 1.50 bits per heavy atom. The fraction of sp³-hybridized carbons (Fsp3) is 0.167. The molecule has 0 spiro atoms. The number of nitrogens with zero attached hydrogens (tertiary/aromatic N) is 1. The van der Waals surface area contributed by atoms with E-state index in [2.05, 4.69) is 10.3 Å². The van der Waals surface area contributed by atoms with Crippen LogP contribution in [0, 0.1) is 6.92 Å². The van der Waals surface area contributed by atoms with E-state index in [0.717, 1.165) is 11.3 Å². The average Bonchev–Trinajstić information content (AvgIpc) is 2.79. The van der Waals surface area contributed by atoms with Crippen molar-refractivity contribution in [1.82, 2.24) is 10.3 Å². The van der Waals surface area contributed by atoms with Crippen LogP contribution in [-0.4, -0.2) is 10.9 Å². The molecule has 0 radical (unpaired) electrons. The molecule has 0 saturated heterocycles. The van der Waals surface area contributed by atoms with Gasteiger partial charge in [-0.3, -0.25) is 9.78 Å². The van der Waals surface area contributed by atoms with Crippen LogP contribution in [0.1, 0.15) is 21.7 Å². The van der Waals surface area contributed by atoms with Crippen LogP contribution in [0.5, 0.6) is 0 Å². The SMILES string of the molecule is Cc1cnccc1C(=O)NCc1ccco1. The summed E-state index contributed by atoms with van der Waals surface area (Å²) < 4.78 is 5.12. The van der Waals surface area contributed by atoms with E-state index in [4.69, 9.17) is 4.42 Å². The molecule has 4 nitrogen and oxygen atoms in total. The molecule has 2 aromatic heterocycles. The Hall–Kier alpha value is -2.10. The first-order valence-corrected chi connectivity index (χ1v) is 4.98. The van der Waals surface area contributed by atoms with Crippen molar-refractivity contribution in [1.29, 1.82) is 0 Å². The number of furan rings is 1. The average molecular weight is 216 g/mol. The molecule has 2 aromatic rings. The van der Waals surface area contributed by atoms with Crippen molar-refractivity contribution in [2.24, 2.45) is 0 Å². The minimum absolute atomic E-state index is 0.115. The monoisotopic (exact) mass is 216 g/mol. The number of hydrogen-bond acceptors (Lipinski definition) is 3. The van der Waals surface area contributed by atoms with Gasteiger partial charge in [0, 0.05) is 18.0 Å². The van der Waals surface area contributed by atoms with Gasteiger partial charge in [-0.2, -0.15) is 0 Å². The van der Waals surface area contributed by atoms with Gasteiger partial charge in [0.2, 0.25) is 0 Å². The lowest BCUT2D eigenvalue weighted by atomic mass is 10.1. The molecule has 2 rings (SSSR count). The van der Waals surface area contributed by atoms with Gasteiger partial charge in [-0.15, -0.1) is 0 Å². The highest BCUT2D eigenvalue weighted by Gasteiger charge is 2.08. The summed E-state index contributed by atoms with van der Waals surface area (Å²) in [6.07, 6.45) is 4.86. The van der Waals surface area contributed by atoms with Gasteiger partial charge in [-0.1, -0.05) is 0 Å². The summed E-state index contributed by atoms with van der Waals surface area (Å²) in [6.45, 7) is 2.25. The quantitative estimate of drug-likeness (QED) is 0.852. The van der Waals surface area contributed by atoms with E-state index >= 15 is 0 Å². The fourth-order valence-electron chi connectivity index (χ4n) is 1.40. The normalized spacial score (nSPS) is 10.1. The number of pyridine rings is 1. The molecule has 0 aliphatic carbocycles. The van der Waals surface area contributed by atoms with Crippen LogP contribution < -0.4 is 5.32 Å². The van der Waals surface area contributed by atoms with Gasteiger partial charge in [0.05, 0.1) is 12.8 Å². The van der Waals surface area contributed by atoms with Gasteiger partial charge in [0.25, 0.3) is 5.91 Å². The Labute approximate surface area is 93.3 Å². The molecule has 0 bridgehead atoms. The molecule has 1 N–H and O–H groups in total. The molecule has 0 saturated carbocycles. The molecule has 0 aromatic carbocycles. The molecule has 0 aliphatic heterocycles. The minimum Gasteiger partial charge on any atom is -0.467 e. The summed E-state index contributed by atoms with van der Waals surface area (Å²) in [5.74, 6) is 0.622. The maximum Gasteiger partial charge on any atom is 0.252 e. The Kier molecular flexibility index (Phi) is 3.00. The first-order chi connectivity index (χ1) is 7.77. The number of hydrogen-bond donors (Lipinski definition) is 1. The second-order valence-electron chi connectivity index (χ2n) is 3.45. The lowest BCUT2D eigenvalue weighted by molar-refractivity contribution is 0.0947. The second kappa shape index (κ2) is 4.61. The summed E-state index contributed by atoms with van der Waals surface area (Å²) in [5.41, 5.74) is 1.50. The minimum atomic E-state index is -0.115. The fourth-order valence-corrected chi connectivity index (χ4v) is 1.40. The third-order valence-corrected chi connectivity index (χ3v) is 2.27. The Morgan fingerprint density at radius 3 is 3.06 bits per heavy atom. The van der Waals surface area contributed by atoms with Gasteiger partial charge in [0.15, 0.2) is 0 Å². The maximum absolute atomic E-state index is 11.8. The zero-order valence-electron chi connectivity index (χ0n) is 8.93. The second-order valence-corrected chi connectivity index (χ2v) is 3.45. The van der Waals surface area contributed by atoms with E-state index in [0.29, 0.717) is 12.1 Å². The highest BCUT2D eigenvalue weighted by molar-refractivity contribution is 5.95. The first-order valence-electron chi connectivity index (χ1n) is 4.98. The molecule has 82 valence electrons. The molecule has 16 heavy (non-hydrogen) atoms.